The molecule has 20 heavy (non-hydrogen) atoms. The molecule has 0 spiro atoms. The molecule has 0 unspecified atom stereocenters. The molecule has 0 aromatic rings. The lowest BCUT2D eigenvalue weighted by Crippen LogP contribution is -2.30. The molecule has 0 radical (unpaired) electrons. The quantitative estimate of drug-likeness (QED) is 0.699. The third-order valence-electron chi connectivity index (χ3n) is 0.625. The van der Waals surface area contributed by atoms with E-state index in [1.807, 2.05) is 48.5 Å². The predicted molar refractivity (Wildman–Crippen MR) is 90.7 cm³/mol. The third-order valence-corrected chi connectivity index (χ3v) is 0.625. The molecule has 4 N–H and O–H groups in total. The van der Waals surface area contributed by atoms with Crippen molar-refractivity contribution in [3.05, 3.63) is 0 Å². The molecule has 0 bridgehead atoms. The summed E-state index contributed by atoms with van der Waals surface area (Å²) >= 11 is 0. The second kappa shape index (κ2) is 30.7. The number of amides is 2. The molecule has 0 aromatic heterocycles. The summed E-state index contributed by atoms with van der Waals surface area (Å²) in [5.41, 5.74) is 5.35. The highest BCUT2D eigenvalue weighted by atomic mass is 16.2. The molecule has 126 valence electrons. The maximum atomic E-state index is 10.2. The first kappa shape index (κ1) is 31.3. The monoisotopic (exact) mass is 293 g/mol. The molecular weight excluding hydrogens is 254 g/mol. The van der Waals surface area contributed by atoms with Crippen molar-refractivity contribution in [2.45, 2.75) is 74.3 Å². The van der Waals surface area contributed by atoms with Crippen molar-refractivity contribution in [3.8, 4) is 0 Å². The van der Waals surface area contributed by atoms with Crippen LogP contribution in [0.15, 0.2) is 0 Å². The Morgan fingerprint density at radius 1 is 1.10 bits per heavy atom. The van der Waals surface area contributed by atoms with Crippen molar-refractivity contribution >= 4 is 12.3 Å². The summed E-state index contributed by atoms with van der Waals surface area (Å²) in [5.74, 6) is -0.197. The molecule has 0 aromatic carbocycles. The Balaban J connectivity index is -0.0000000539. The summed E-state index contributed by atoms with van der Waals surface area (Å²) < 4.78 is 0. The molecule has 0 saturated carbocycles. The zero-order valence-corrected chi connectivity index (χ0v) is 15.4. The van der Waals surface area contributed by atoms with Crippen LogP contribution >= 0.6 is 0 Å². The van der Waals surface area contributed by atoms with Crippen LogP contribution in [0.4, 0.5) is 0 Å². The molecule has 2 amide bonds. The molecule has 0 heterocycles. The minimum atomic E-state index is -0.197. The number of hydrogen-bond donors (Lipinski definition) is 3. The Hall–Kier alpha value is -1.10. The van der Waals surface area contributed by atoms with Gasteiger partial charge in [0.25, 0.3) is 0 Å². The van der Waals surface area contributed by atoms with Gasteiger partial charge in [-0.25, -0.2) is 0 Å². The predicted octanol–water partition coefficient (Wildman–Crippen LogP) is 2.69. The number of hydrogen-bond acceptors (Lipinski definition) is 3. The van der Waals surface area contributed by atoms with E-state index in [0.717, 1.165) is 0 Å². The molecule has 0 fully saturated rings. The van der Waals surface area contributed by atoms with Gasteiger partial charge in [0.15, 0.2) is 0 Å². The van der Waals surface area contributed by atoms with Gasteiger partial charge in [0.05, 0.1) is 6.54 Å². The minimum absolute atomic E-state index is 0. The fourth-order valence-electron chi connectivity index (χ4n) is 0.223. The van der Waals surface area contributed by atoms with Crippen LogP contribution in [-0.2, 0) is 9.59 Å². The number of nitrogens with two attached hydrogens (primary N) is 1. The fraction of sp³-hybridized carbons (Fsp3) is 0.867. The maximum absolute atomic E-state index is 10.2. The SMILES string of the molecule is CC.CC.CC(C)(C)N.CCC.CNC(=O)CNC=O. The van der Waals surface area contributed by atoms with Crippen LogP contribution in [0.5, 0.6) is 0 Å². The molecule has 5 heteroatoms. The lowest BCUT2D eigenvalue weighted by Gasteiger charge is -2.06. The van der Waals surface area contributed by atoms with Gasteiger partial charge in [-0.05, 0) is 20.8 Å². The van der Waals surface area contributed by atoms with E-state index in [2.05, 4.69) is 24.5 Å². The van der Waals surface area contributed by atoms with Gasteiger partial charge in [-0.2, -0.15) is 0 Å². The topological polar surface area (TPSA) is 84.2 Å². The number of carbonyl (C=O) groups is 2. The first-order valence-corrected chi connectivity index (χ1v) is 7.39. The van der Waals surface area contributed by atoms with Crippen molar-refractivity contribution in [3.63, 3.8) is 0 Å². The van der Waals surface area contributed by atoms with Crippen LogP contribution in [0.1, 0.15) is 68.7 Å². The summed E-state index contributed by atoms with van der Waals surface area (Å²) in [7, 11) is 1.51. The van der Waals surface area contributed by atoms with Crippen LogP contribution < -0.4 is 16.4 Å². The highest BCUT2D eigenvalue weighted by Crippen LogP contribution is 1.88. The summed E-state index contributed by atoms with van der Waals surface area (Å²) in [6.07, 6.45) is 1.73. The average Bonchev–Trinajstić information content (AvgIpc) is 2.39. The molecule has 0 atom stereocenters. The molecular formula is C15H39N3O2. The summed E-state index contributed by atoms with van der Waals surface area (Å²) in [6, 6.07) is 0. The first-order valence-electron chi connectivity index (χ1n) is 7.39. The maximum Gasteiger partial charge on any atom is 0.239 e. The smallest absolute Gasteiger partial charge is 0.239 e. The first-order chi connectivity index (χ1) is 9.22. The number of nitrogens with one attached hydrogen (secondary N) is 2. The van der Waals surface area contributed by atoms with Crippen LogP contribution in [0.25, 0.3) is 0 Å². The minimum Gasteiger partial charge on any atom is -0.358 e. The van der Waals surface area contributed by atoms with Crippen LogP contribution in [0.2, 0.25) is 0 Å². The highest BCUT2D eigenvalue weighted by molar-refractivity contribution is 5.79. The Morgan fingerprint density at radius 2 is 1.35 bits per heavy atom. The molecule has 0 aliphatic heterocycles. The van der Waals surface area contributed by atoms with Gasteiger partial charge < -0.3 is 16.4 Å². The van der Waals surface area contributed by atoms with E-state index < -0.39 is 0 Å². The zero-order chi connectivity index (χ0) is 17.6. The van der Waals surface area contributed by atoms with Crippen molar-refractivity contribution in [1.82, 2.24) is 10.6 Å². The Labute approximate surface area is 127 Å². The number of likely N-dealkylation sites (N-methyl/N-ethyl adjacent to an activating group) is 1. The van der Waals surface area contributed by atoms with E-state index in [9.17, 15) is 9.59 Å². The van der Waals surface area contributed by atoms with E-state index in [1.165, 1.54) is 13.5 Å². The van der Waals surface area contributed by atoms with E-state index in [0.29, 0.717) is 6.41 Å². The van der Waals surface area contributed by atoms with Crippen LogP contribution in [0.3, 0.4) is 0 Å². The van der Waals surface area contributed by atoms with Crippen LogP contribution in [-0.4, -0.2) is 31.4 Å². The zero-order valence-electron chi connectivity index (χ0n) is 15.4. The van der Waals surface area contributed by atoms with Crippen molar-refractivity contribution in [2.24, 2.45) is 5.73 Å². The molecule has 5 nitrogen and oxygen atoms in total. The van der Waals surface area contributed by atoms with Crippen molar-refractivity contribution < 1.29 is 9.59 Å². The van der Waals surface area contributed by atoms with E-state index in [-0.39, 0.29) is 18.0 Å². The number of carbonyl (C=O) groups excluding carboxylic acids is 2. The second-order valence-electron chi connectivity index (χ2n) is 4.25. The Bertz CT molecular complexity index is 161. The van der Waals surface area contributed by atoms with Gasteiger partial charge in [-0.15, -0.1) is 0 Å². The number of rotatable bonds is 3. The lowest BCUT2D eigenvalue weighted by atomic mass is 10.1. The Kier molecular flexibility index (Phi) is 48.1. The largest absolute Gasteiger partial charge is 0.358 e. The van der Waals surface area contributed by atoms with Crippen molar-refractivity contribution in [2.75, 3.05) is 13.6 Å². The standard InChI is InChI=1S/C4H8N2O2.C4H11N.C3H8.2C2H6/c1-5-4(8)2-6-3-7;1-4(2,3)5;1-3-2;2*1-2/h3H,2H2,1H3,(H,5,8)(H,6,7);5H2,1-3H3;3H2,1-2H3;2*1-2H3. The second-order valence-corrected chi connectivity index (χ2v) is 4.25. The lowest BCUT2D eigenvalue weighted by molar-refractivity contribution is -0.121. The van der Waals surface area contributed by atoms with E-state index in [4.69, 9.17) is 5.73 Å². The van der Waals surface area contributed by atoms with Crippen molar-refractivity contribution in [1.29, 1.82) is 0 Å². The highest BCUT2D eigenvalue weighted by Gasteiger charge is 1.95. The fourth-order valence-corrected chi connectivity index (χ4v) is 0.223. The van der Waals surface area contributed by atoms with Crippen LogP contribution in [0, 0.1) is 0 Å². The third kappa shape index (κ3) is 178. The van der Waals surface area contributed by atoms with Gasteiger partial charge in [0.1, 0.15) is 0 Å². The normalized spacial score (nSPS) is 7.55. The Morgan fingerprint density at radius 3 is 1.50 bits per heavy atom. The molecule has 0 saturated heterocycles. The van der Waals surface area contributed by atoms with Gasteiger partial charge >= 0.3 is 0 Å². The molecule has 0 aliphatic rings. The van der Waals surface area contributed by atoms with E-state index in [1.54, 1.807) is 0 Å². The van der Waals surface area contributed by atoms with Gasteiger partial charge in [0, 0.05) is 12.6 Å². The van der Waals surface area contributed by atoms with Gasteiger partial charge in [-0.3, -0.25) is 9.59 Å². The summed E-state index contributed by atoms with van der Waals surface area (Å²) in [5, 5.41) is 4.55. The summed E-state index contributed by atoms with van der Waals surface area (Å²) in [4.78, 5) is 19.8. The van der Waals surface area contributed by atoms with Gasteiger partial charge in [0.2, 0.25) is 12.3 Å². The van der Waals surface area contributed by atoms with E-state index >= 15 is 0 Å². The van der Waals surface area contributed by atoms with Gasteiger partial charge in [-0.1, -0.05) is 48.0 Å². The molecule has 0 rings (SSSR count). The molecule has 0 aliphatic carbocycles. The average molecular weight is 293 g/mol. The summed E-state index contributed by atoms with van der Waals surface area (Å²) in [6.45, 7) is 18.2.